The van der Waals surface area contributed by atoms with Gasteiger partial charge in [0, 0.05) is 37.2 Å². The Morgan fingerprint density at radius 2 is 2.30 bits per heavy atom. The minimum atomic E-state index is -0.286. The molecule has 0 bridgehead atoms. The lowest BCUT2D eigenvalue weighted by Crippen LogP contribution is -2.31. The van der Waals surface area contributed by atoms with E-state index < -0.39 is 0 Å². The highest BCUT2D eigenvalue weighted by atomic mass is 16.5. The Bertz CT molecular complexity index is 530. The van der Waals surface area contributed by atoms with Crippen molar-refractivity contribution in [2.24, 2.45) is 5.92 Å². The first-order valence-electron chi connectivity index (χ1n) is 7.14. The number of aromatic nitrogens is 1. The van der Waals surface area contributed by atoms with E-state index >= 15 is 0 Å². The zero-order chi connectivity index (χ0) is 14.5. The number of rotatable bonds is 5. The molecule has 0 unspecified atom stereocenters. The van der Waals surface area contributed by atoms with Crippen molar-refractivity contribution in [3.8, 4) is 0 Å². The number of pyridine rings is 1. The monoisotopic (exact) mass is 278 g/mol. The third kappa shape index (κ3) is 3.70. The Morgan fingerprint density at radius 1 is 1.50 bits per heavy atom. The lowest BCUT2D eigenvalue weighted by Gasteiger charge is -2.09. The fourth-order valence-corrected chi connectivity index (χ4v) is 2.62. The van der Waals surface area contributed by atoms with Crippen LogP contribution in [0.25, 0.3) is 0 Å². The van der Waals surface area contributed by atoms with Crippen molar-refractivity contribution in [3.05, 3.63) is 33.2 Å². The molecule has 110 valence electrons. The van der Waals surface area contributed by atoms with Gasteiger partial charge in [0.25, 0.3) is 5.91 Å². The third-order valence-electron chi connectivity index (χ3n) is 3.68. The van der Waals surface area contributed by atoms with Crippen LogP contribution in [0.4, 0.5) is 0 Å². The number of nitrogens with one attached hydrogen (secondary N) is 2. The molecule has 0 aliphatic carbocycles. The van der Waals surface area contributed by atoms with Crippen LogP contribution in [0.2, 0.25) is 0 Å². The summed E-state index contributed by atoms with van der Waals surface area (Å²) in [7, 11) is 0. The van der Waals surface area contributed by atoms with Gasteiger partial charge in [0.2, 0.25) is 0 Å². The summed E-state index contributed by atoms with van der Waals surface area (Å²) in [6.45, 7) is 5.85. The number of carbonyl (C=O) groups is 1. The molecular formula is C15H22N2O3. The number of aromatic amines is 1. The summed E-state index contributed by atoms with van der Waals surface area (Å²) in [5.41, 5.74) is 1.39. The largest absolute Gasteiger partial charge is 0.381 e. The van der Waals surface area contributed by atoms with Gasteiger partial charge in [-0.2, -0.15) is 0 Å². The Balaban J connectivity index is 1.84. The second kappa shape index (κ2) is 6.70. The summed E-state index contributed by atoms with van der Waals surface area (Å²) in [6.07, 6.45) is 3.09. The quantitative estimate of drug-likeness (QED) is 0.803. The molecule has 1 aromatic heterocycles. The van der Waals surface area contributed by atoms with Crippen LogP contribution in [0.3, 0.4) is 0 Å². The molecule has 1 aromatic rings. The first kappa shape index (κ1) is 14.8. The number of ether oxygens (including phenoxy) is 1. The van der Waals surface area contributed by atoms with Gasteiger partial charge in [-0.3, -0.25) is 9.59 Å². The van der Waals surface area contributed by atoms with E-state index in [9.17, 15) is 9.59 Å². The van der Waals surface area contributed by atoms with Gasteiger partial charge >= 0.3 is 0 Å². The Hall–Kier alpha value is -1.62. The van der Waals surface area contributed by atoms with Crippen molar-refractivity contribution >= 4 is 5.91 Å². The summed E-state index contributed by atoms with van der Waals surface area (Å²) >= 11 is 0. The molecule has 5 heteroatoms. The molecule has 1 fully saturated rings. The number of aryl methyl sites for hydroxylation is 2. The summed E-state index contributed by atoms with van der Waals surface area (Å²) in [6, 6.07) is 1.46. The Kier molecular flexibility index (Phi) is 4.95. The highest BCUT2D eigenvalue weighted by Crippen LogP contribution is 2.17. The first-order valence-corrected chi connectivity index (χ1v) is 7.14. The fraction of sp³-hybridized carbons (Fsp3) is 0.600. The average molecular weight is 278 g/mol. The van der Waals surface area contributed by atoms with Gasteiger partial charge in [0.15, 0.2) is 5.43 Å². The maximum absolute atomic E-state index is 12.0. The first-order chi connectivity index (χ1) is 9.58. The second-order valence-corrected chi connectivity index (χ2v) is 5.44. The number of hydrogen-bond acceptors (Lipinski definition) is 3. The summed E-state index contributed by atoms with van der Waals surface area (Å²) in [5, 5.41) is 2.82. The van der Waals surface area contributed by atoms with Crippen molar-refractivity contribution in [3.63, 3.8) is 0 Å². The molecule has 2 N–H and O–H groups in total. The van der Waals surface area contributed by atoms with Crippen LogP contribution >= 0.6 is 0 Å². The van der Waals surface area contributed by atoms with E-state index in [0.717, 1.165) is 38.2 Å². The summed E-state index contributed by atoms with van der Waals surface area (Å²) < 4.78 is 5.31. The van der Waals surface area contributed by atoms with Crippen molar-refractivity contribution < 1.29 is 9.53 Å². The van der Waals surface area contributed by atoms with E-state index in [1.54, 1.807) is 13.8 Å². The maximum atomic E-state index is 12.0. The second-order valence-electron chi connectivity index (χ2n) is 5.44. The lowest BCUT2D eigenvalue weighted by atomic mass is 10.0. The van der Waals surface area contributed by atoms with Crippen molar-refractivity contribution in [1.82, 2.24) is 10.3 Å². The van der Waals surface area contributed by atoms with E-state index in [2.05, 4.69) is 10.3 Å². The van der Waals surface area contributed by atoms with E-state index in [0.29, 0.717) is 18.2 Å². The van der Waals surface area contributed by atoms with Crippen LogP contribution in [-0.2, 0) is 4.74 Å². The van der Waals surface area contributed by atoms with E-state index in [1.165, 1.54) is 6.07 Å². The van der Waals surface area contributed by atoms with Crippen LogP contribution in [0.1, 0.15) is 41.0 Å². The van der Waals surface area contributed by atoms with Crippen LogP contribution in [0, 0.1) is 19.8 Å². The van der Waals surface area contributed by atoms with Crippen molar-refractivity contribution in [1.29, 1.82) is 0 Å². The molecule has 20 heavy (non-hydrogen) atoms. The predicted molar refractivity (Wildman–Crippen MR) is 77.0 cm³/mol. The number of amides is 1. The highest BCUT2D eigenvalue weighted by molar-refractivity contribution is 5.95. The molecule has 0 spiro atoms. The number of carbonyl (C=O) groups excluding carboxylic acids is 1. The van der Waals surface area contributed by atoms with Gasteiger partial charge in [-0.25, -0.2) is 0 Å². The standard InChI is InChI=1S/C15H22N2O3/c1-10-8-13(18)14(11(2)17-10)15(19)16-6-3-4-12-5-7-20-9-12/h8,12H,3-7,9H2,1-2H3,(H,16,19)(H,17,18)/t12-/m0/s1. The minimum Gasteiger partial charge on any atom is -0.381 e. The van der Waals surface area contributed by atoms with Gasteiger partial charge in [-0.15, -0.1) is 0 Å². The molecule has 1 aliphatic heterocycles. The van der Waals surface area contributed by atoms with Gasteiger partial charge < -0.3 is 15.0 Å². The van der Waals surface area contributed by atoms with E-state index in [-0.39, 0.29) is 16.9 Å². The van der Waals surface area contributed by atoms with E-state index in [4.69, 9.17) is 4.74 Å². The van der Waals surface area contributed by atoms with Crippen LogP contribution < -0.4 is 10.7 Å². The lowest BCUT2D eigenvalue weighted by molar-refractivity contribution is 0.0950. The van der Waals surface area contributed by atoms with E-state index in [1.807, 2.05) is 0 Å². The van der Waals surface area contributed by atoms with Crippen LogP contribution in [0.5, 0.6) is 0 Å². The highest BCUT2D eigenvalue weighted by Gasteiger charge is 2.16. The summed E-state index contributed by atoms with van der Waals surface area (Å²) in [4.78, 5) is 26.9. The average Bonchev–Trinajstić information content (AvgIpc) is 2.86. The molecule has 0 saturated carbocycles. The Labute approximate surface area is 118 Å². The normalized spacial score (nSPS) is 18.2. The molecule has 0 aromatic carbocycles. The molecule has 2 rings (SSSR count). The zero-order valence-corrected chi connectivity index (χ0v) is 12.1. The minimum absolute atomic E-state index is 0.222. The molecule has 5 nitrogen and oxygen atoms in total. The number of hydrogen-bond donors (Lipinski definition) is 2. The van der Waals surface area contributed by atoms with Crippen molar-refractivity contribution in [2.75, 3.05) is 19.8 Å². The van der Waals surface area contributed by atoms with Gasteiger partial charge in [-0.1, -0.05) is 0 Å². The van der Waals surface area contributed by atoms with Gasteiger partial charge in [-0.05, 0) is 39.0 Å². The van der Waals surface area contributed by atoms with Crippen molar-refractivity contribution in [2.45, 2.75) is 33.1 Å². The summed E-state index contributed by atoms with van der Waals surface area (Å²) in [5.74, 6) is 0.336. The van der Waals surface area contributed by atoms with Crippen LogP contribution in [0.15, 0.2) is 10.9 Å². The maximum Gasteiger partial charge on any atom is 0.257 e. The molecule has 1 aliphatic rings. The predicted octanol–water partition coefficient (Wildman–Crippen LogP) is 1.54. The molecule has 0 radical (unpaired) electrons. The van der Waals surface area contributed by atoms with Gasteiger partial charge in [0.1, 0.15) is 5.56 Å². The molecular weight excluding hydrogens is 256 g/mol. The number of H-pyrrole nitrogens is 1. The topological polar surface area (TPSA) is 71.2 Å². The smallest absolute Gasteiger partial charge is 0.257 e. The molecule has 1 amide bonds. The molecule has 2 heterocycles. The van der Waals surface area contributed by atoms with Crippen LogP contribution in [-0.4, -0.2) is 30.6 Å². The fourth-order valence-electron chi connectivity index (χ4n) is 2.62. The van der Waals surface area contributed by atoms with Gasteiger partial charge in [0.05, 0.1) is 0 Å². The molecule has 1 atom stereocenters. The Morgan fingerprint density at radius 3 is 2.95 bits per heavy atom. The molecule has 1 saturated heterocycles. The third-order valence-corrected chi connectivity index (χ3v) is 3.68. The SMILES string of the molecule is Cc1cc(=O)c(C(=O)NCCC[C@H]2CCOC2)c(C)[nH]1. The zero-order valence-electron chi connectivity index (χ0n) is 12.1.